The highest BCUT2D eigenvalue weighted by molar-refractivity contribution is 5.73. The zero-order valence-electron chi connectivity index (χ0n) is 10.8. The van der Waals surface area contributed by atoms with Crippen LogP contribution in [0.2, 0.25) is 0 Å². The highest BCUT2D eigenvalue weighted by atomic mass is 16.5. The summed E-state index contributed by atoms with van der Waals surface area (Å²) in [4.78, 5) is 19.0. The Morgan fingerprint density at radius 1 is 1.35 bits per heavy atom. The highest BCUT2D eigenvalue weighted by Gasteiger charge is 2.18. The Kier molecular flexibility index (Phi) is 2.92. The fraction of sp³-hybridized carbons (Fsp3) is 0.167. The smallest absolute Gasteiger partial charge is 0.278 e. The molecule has 0 fully saturated rings. The molecule has 0 radical (unpaired) electrons. The second-order valence-electron chi connectivity index (χ2n) is 4.20. The zero-order valence-corrected chi connectivity index (χ0v) is 10.8. The van der Waals surface area contributed by atoms with Gasteiger partial charge in [0.05, 0.1) is 12.2 Å². The van der Waals surface area contributed by atoms with Crippen molar-refractivity contribution in [2.24, 2.45) is 0 Å². The van der Waals surface area contributed by atoms with Crippen LogP contribution in [-0.2, 0) is 0 Å². The summed E-state index contributed by atoms with van der Waals surface area (Å²) in [5, 5.41) is 0. The lowest BCUT2D eigenvalue weighted by Gasteiger charge is -2.10. The number of nitrogens with zero attached hydrogens (tertiary/aromatic N) is 1. The Hall–Kier alpha value is -2.74. The minimum Gasteiger partial charge on any atom is -0.493 e. The van der Waals surface area contributed by atoms with Crippen molar-refractivity contribution in [2.45, 2.75) is 6.92 Å². The molecule has 2 aromatic rings. The minimum absolute atomic E-state index is 0.276. The first-order valence-corrected chi connectivity index (χ1v) is 6.13. The molecule has 0 amide bonds. The fourth-order valence-corrected chi connectivity index (χ4v) is 1.97. The van der Waals surface area contributed by atoms with Crippen molar-refractivity contribution >= 4 is 17.2 Å². The number of anilines is 3. The number of hydrogen-bond acceptors (Lipinski definition) is 7. The number of nitrogens with two attached hydrogens (primary N) is 1. The number of nitrogen functional groups attached to an aromatic ring is 1. The molecule has 6 N–H and O–H groups in total. The number of benzene rings is 1. The molecule has 104 valence electrons. The van der Waals surface area contributed by atoms with Gasteiger partial charge < -0.3 is 15.5 Å². The lowest BCUT2D eigenvalue weighted by molar-refractivity contribution is 0.341. The Bertz CT molecular complexity index is 712. The van der Waals surface area contributed by atoms with Crippen LogP contribution in [0.25, 0.3) is 11.4 Å². The average molecular weight is 274 g/mol. The van der Waals surface area contributed by atoms with Gasteiger partial charge in [-0.1, -0.05) is 0 Å². The van der Waals surface area contributed by atoms with Crippen LogP contribution >= 0.6 is 0 Å². The van der Waals surface area contributed by atoms with Crippen LogP contribution in [0.1, 0.15) is 6.92 Å². The molecule has 0 spiro atoms. The number of hydrogen-bond donors (Lipinski definition) is 5. The molecule has 20 heavy (non-hydrogen) atoms. The van der Waals surface area contributed by atoms with Crippen LogP contribution in [-0.4, -0.2) is 16.6 Å². The van der Waals surface area contributed by atoms with E-state index in [9.17, 15) is 4.79 Å². The molecule has 8 heteroatoms. The molecule has 1 aliphatic heterocycles. The molecule has 8 nitrogen and oxygen atoms in total. The number of aromatic nitrogens is 2. The van der Waals surface area contributed by atoms with Gasteiger partial charge in [-0.3, -0.25) is 15.6 Å². The maximum atomic E-state index is 11.9. The molecule has 0 saturated carbocycles. The topological polar surface area (TPSA) is 117 Å². The molecular formula is C12H14N6O2. The standard InChI is InChI=1S/C12H14N6O2/c1-2-20-8-5-6(13)3-4-7(8)10-14-11-9(12(19)15-10)16-18-17-11/h3-5,16,18H,2,13H2,1H3,(H2,14,15,17,19). The fourth-order valence-electron chi connectivity index (χ4n) is 1.97. The third-order valence-corrected chi connectivity index (χ3v) is 2.85. The number of rotatable bonds is 3. The summed E-state index contributed by atoms with van der Waals surface area (Å²) in [7, 11) is 0. The second-order valence-corrected chi connectivity index (χ2v) is 4.20. The Morgan fingerprint density at radius 2 is 2.20 bits per heavy atom. The van der Waals surface area contributed by atoms with E-state index in [1.807, 2.05) is 6.92 Å². The van der Waals surface area contributed by atoms with Crippen molar-refractivity contribution in [2.75, 3.05) is 23.2 Å². The molecule has 1 aromatic heterocycles. The van der Waals surface area contributed by atoms with Crippen LogP contribution in [0.3, 0.4) is 0 Å². The van der Waals surface area contributed by atoms with Gasteiger partial charge in [0.15, 0.2) is 11.5 Å². The maximum absolute atomic E-state index is 11.9. The van der Waals surface area contributed by atoms with E-state index in [0.717, 1.165) is 0 Å². The number of aromatic amines is 1. The lowest BCUT2D eigenvalue weighted by atomic mass is 10.1. The van der Waals surface area contributed by atoms with E-state index >= 15 is 0 Å². The summed E-state index contributed by atoms with van der Waals surface area (Å²) in [6, 6.07) is 5.20. The number of ether oxygens (including phenoxy) is 1. The van der Waals surface area contributed by atoms with Crippen LogP contribution in [0.4, 0.5) is 17.2 Å². The van der Waals surface area contributed by atoms with Crippen molar-refractivity contribution in [3.63, 3.8) is 0 Å². The van der Waals surface area contributed by atoms with Crippen LogP contribution in [0, 0.1) is 0 Å². The van der Waals surface area contributed by atoms with Crippen molar-refractivity contribution in [3.05, 3.63) is 28.6 Å². The molecule has 2 heterocycles. The van der Waals surface area contributed by atoms with Crippen LogP contribution < -0.4 is 32.4 Å². The van der Waals surface area contributed by atoms with Gasteiger partial charge in [-0.15, -0.1) is 5.53 Å². The van der Waals surface area contributed by atoms with E-state index in [1.54, 1.807) is 18.2 Å². The van der Waals surface area contributed by atoms with E-state index in [0.29, 0.717) is 40.9 Å². The van der Waals surface area contributed by atoms with Gasteiger partial charge in [-0.25, -0.2) is 4.98 Å². The quantitative estimate of drug-likeness (QED) is 0.522. The Labute approximate surface area is 114 Å². The molecule has 0 unspecified atom stereocenters. The molecule has 0 aliphatic carbocycles. The van der Waals surface area contributed by atoms with E-state index in [-0.39, 0.29) is 5.56 Å². The third-order valence-electron chi connectivity index (χ3n) is 2.85. The van der Waals surface area contributed by atoms with Crippen LogP contribution in [0.15, 0.2) is 23.0 Å². The molecule has 0 saturated heterocycles. The van der Waals surface area contributed by atoms with Crippen molar-refractivity contribution in [1.82, 2.24) is 15.5 Å². The summed E-state index contributed by atoms with van der Waals surface area (Å²) in [5.41, 5.74) is 15.1. The maximum Gasteiger partial charge on any atom is 0.278 e. The van der Waals surface area contributed by atoms with Gasteiger partial charge in [-0.05, 0) is 19.1 Å². The predicted octanol–water partition coefficient (Wildman–Crippen LogP) is 0.675. The van der Waals surface area contributed by atoms with E-state index in [1.165, 1.54) is 0 Å². The van der Waals surface area contributed by atoms with Gasteiger partial charge in [-0.2, -0.15) is 0 Å². The average Bonchev–Trinajstić information content (AvgIpc) is 2.88. The first-order valence-electron chi connectivity index (χ1n) is 6.13. The summed E-state index contributed by atoms with van der Waals surface area (Å²) in [6.45, 7) is 2.37. The van der Waals surface area contributed by atoms with E-state index in [4.69, 9.17) is 10.5 Å². The number of H-pyrrole nitrogens is 1. The molecule has 1 aromatic carbocycles. The van der Waals surface area contributed by atoms with Crippen molar-refractivity contribution in [3.8, 4) is 17.1 Å². The first kappa shape index (κ1) is 12.3. The summed E-state index contributed by atoms with van der Waals surface area (Å²) in [5.74, 6) is 1.42. The second kappa shape index (κ2) is 4.74. The van der Waals surface area contributed by atoms with Gasteiger partial charge >= 0.3 is 0 Å². The first-order chi connectivity index (χ1) is 9.69. The van der Waals surface area contributed by atoms with Gasteiger partial charge in [0.25, 0.3) is 5.56 Å². The van der Waals surface area contributed by atoms with E-state index < -0.39 is 0 Å². The van der Waals surface area contributed by atoms with Gasteiger partial charge in [0.2, 0.25) is 0 Å². The Morgan fingerprint density at radius 3 is 3.00 bits per heavy atom. The van der Waals surface area contributed by atoms with Gasteiger partial charge in [0, 0.05) is 11.8 Å². The number of hydrazine groups is 2. The van der Waals surface area contributed by atoms with Crippen LogP contribution in [0.5, 0.6) is 5.75 Å². The largest absolute Gasteiger partial charge is 0.493 e. The molecular weight excluding hydrogens is 260 g/mol. The molecule has 1 aliphatic rings. The van der Waals surface area contributed by atoms with Crippen molar-refractivity contribution < 1.29 is 4.74 Å². The lowest BCUT2D eigenvalue weighted by Crippen LogP contribution is -2.21. The van der Waals surface area contributed by atoms with E-state index in [2.05, 4.69) is 26.4 Å². The zero-order chi connectivity index (χ0) is 14.1. The normalized spacial score (nSPS) is 12.4. The summed E-state index contributed by atoms with van der Waals surface area (Å²) in [6.07, 6.45) is 0. The summed E-state index contributed by atoms with van der Waals surface area (Å²) >= 11 is 0. The molecule has 0 bridgehead atoms. The molecule has 0 atom stereocenters. The number of fused-ring (bicyclic) bond motifs is 1. The SMILES string of the molecule is CCOc1cc(N)ccc1-c1nc2c(c(=O)[nH]1)NNN2. The Balaban J connectivity index is 2.14. The minimum atomic E-state index is -0.276. The molecule has 3 rings (SSSR count). The highest BCUT2D eigenvalue weighted by Crippen LogP contribution is 2.30. The monoisotopic (exact) mass is 274 g/mol. The number of nitrogens with one attached hydrogen (secondary N) is 4. The summed E-state index contributed by atoms with van der Waals surface area (Å²) < 4.78 is 5.54. The predicted molar refractivity (Wildman–Crippen MR) is 76.3 cm³/mol. The van der Waals surface area contributed by atoms with Gasteiger partial charge in [0.1, 0.15) is 11.6 Å². The third kappa shape index (κ3) is 2.01. The van der Waals surface area contributed by atoms with Crippen molar-refractivity contribution in [1.29, 1.82) is 0 Å².